The zero-order valence-corrected chi connectivity index (χ0v) is 15.9. The van der Waals surface area contributed by atoms with Crippen molar-refractivity contribution in [3.63, 3.8) is 0 Å². The summed E-state index contributed by atoms with van der Waals surface area (Å²) in [6, 6.07) is 3.47. The molecular weight excluding hydrogens is 352 g/mol. The summed E-state index contributed by atoms with van der Waals surface area (Å²) < 4.78 is 10.3. The average molecular weight is 372 g/mol. The maximum atomic E-state index is 12.7. The summed E-state index contributed by atoms with van der Waals surface area (Å²) in [6.07, 6.45) is 1.57. The largest absolute Gasteiger partial charge is 0.475 e. The minimum absolute atomic E-state index is 0.183. The van der Waals surface area contributed by atoms with E-state index in [1.54, 1.807) is 25.4 Å². The Labute approximate surface area is 155 Å². The molecule has 7 nitrogen and oxygen atoms in total. The van der Waals surface area contributed by atoms with E-state index < -0.39 is 0 Å². The highest BCUT2D eigenvalue weighted by Gasteiger charge is 2.19. The number of carbonyl (C=O) groups is 1. The monoisotopic (exact) mass is 372 g/mol. The summed E-state index contributed by atoms with van der Waals surface area (Å²) in [7, 11) is 1.61. The second kappa shape index (κ2) is 7.76. The number of amides is 1. The highest BCUT2D eigenvalue weighted by Crippen LogP contribution is 2.31. The van der Waals surface area contributed by atoms with Crippen LogP contribution in [-0.4, -0.2) is 41.2 Å². The van der Waals surface area contributed by atoms with Crippen molar-refractivity contribution in [2.75, 3.05) is 25.6 Å². The van der Waals surface area contributed by atoms with Gasteiger partial charge < -0.3 is 14.8 Å². The Morgan fingerprint density at radius 1 is 1.19 bits per heavy atom. The Morgan fingerprint density at radius 3 is 2.69 bits per heavy atom. The number of aryl methyl sites for hydroxylation is 3. The number of fused-ring (bicyclic) bond motifs is 1. The second-order valence-electron chi connectivity index (χ2n) is 5.77. The number of pyridine rings is 1. The van der Waals surface area contributed by atoms with Crippen LogP contribution in [-0.2, 0) is 4.74 Å². The summed E-state index contributed by atoms with van der Waals surface area (Å²) in [5.74, 6) is 1.01. The fraction of sp³-hybridized carbons (Fsp3) is 0.333. The summed E-state index contributed by atoms with van der Waals surface area (Å²) in [6.45, 7) is 6.63. The Hall–Kier alpha value is -2.58. The molecule has 3 aromatic rings. The number of hydrogen-bond acceptors (Lipinski definition) is 7. The first-order valence-corrected chi connectivity index (χ1v) is 8.94. The standard InChI is InChI=1S/C18H20N4O3S/c1-10-15-11(2)20-12(3)21-18(15)26-16(10)17(23)22-13-5-6-14(19-9-13)25-8-7-24-4/h5-6,9H,7-8H2,1-4H3,(H,22,23). The number of rotatable bonds is 6. The topological polar surface area (TPSA) is 86.2 Å². The number of methoxy groups -OCH3 is 1. The Kier molecular flexibility index (Phi) is 5.43. The van der Waals surface area contributed by atoms with E-state index in [0.717, 1.165) is 21.5 Å². The molecule has 8 heteroatoms. The number of hydrogen-bond donors (Lipinski definition) is 1. The third-order valence-corrected chi connectivity index (χ3v) is 5.01. The van der Waals surface area contributed by atoms with E-state index in [9.17, 15) is 4.79 Å². The molecule has 136 valence electrons. The van der Waals surface area contributed by atoms with Gasteiger partial charge in [-0.05, 0) is 32.4 Å². The van der Waals surface area contributed by atoms with E-state index in [2.05, 4.69) is 20.3 Å². The summed E-state index contributed by atoms with van der Waals surface area (Å²) in [5, 5.41) is 3.82. The molecule has 0 saturated heterocycles. The second-order valence-corrected chi connectivity index (χ2v) is 6.77. The zero-order chi connectivity index (χ0) is 18.7. The van der Waals surface area contributed by atoms with Gasteiger partial charge in [0.05, 0.1) is 23.4 Å². The molecule has 0 atom stereocenters. The molecule has 0 unspecified atom stereocenters. The van der Waals surface area contributed by atoms with Crippen LogP contribution in [0.25, 0.3) is 10.2 Å². The van der Waals surface area contributed by atoms with E-state index in [0.29, 0.717) is 35.5 Å². The highest BCUT2D eigenvalue weighted by atomic mass is 32.1. The van der Waals surface area contributed by atoms with Crippen molar-refractivity contribution in [2.45, 2.75) is 20.8 Å². The molecule has 0 aliphatic heterocycles. The first-order valence-electron chi connectivity index (χ1n) is 8.13. The van der Waals surface area contributed by atoms with Gasteiger partial charge in [0, 0.05) is 24.3 Å². The number of carbonyl (C=O) groups excluding carboxylic acids is 1. The van der Waals surface area contributed by atoms with Crippen LogP contribution in [0.4, 0.5) is 5.69 Å². The van der Waals surface area contributed by atoms with Crippen LogP contribution in [0.5, 0.6) is 5.88 Å². The van der Waals surface area contributed by atoms with E-state index in [4.69, 9.17) is 9.47 Å². The van der Waals surface area contributed by atoms with Gasteiger partial charge in [-0.25, -0.2) is 15.0 Å². The quantitative estimate of drug-likeness (QED) is 0.668. The number of anilines is 1. The number of nitrogens with one attached hydrogen (secondary N) is 1. The third-order valence-electron chi connectivity index (χ3n) is 3.82. The molecule has 0 bridgehead atoms. The molecule has 0 aliphatic rings. The summed E-state index contributed by atoms with van der Waals surface area (Å²) in [5.41, 5.74) is 2.39. The van der Waals surface area contributed by atoms with Crippen molar-refractivity contribution in [3.05, 3.63) is 40.3 Å². The maximum Gasteiger partial charge on any atom is 0.266 e. The van der Waals surface area contributed by atoms with Crippen LogP contribution in [0.15, 0.2) is 18.3 Å². The van der Waals surface area contributed by atoms with Crippen molar-refractivity contribution in [1.29, 1.82) is 0 Å². The zero-order valence-electron chi connectivity index (χ0n) is 15.1. The van der Waals surface area contributed by atoms with Crippen molar-refractivity contribution in [2.24, 2.45) is 0 Å². The fourth-order valence-corrected chi connectivity index (χ4v) is 3.82. The highest BCUT2D eigenvalue weighted by molar-refractivity contribution is 7.20. The molecule has 0 fully saturated rings. The Bertz CT molecular complexity index is 938. The Morgan fingerprint density at radius 2 is 2.00 bits per heavy atom. The SMILES string of the molecule is COCCOc1ccc(NC(=O)c2sc3nc(C)nc(C)c3c2C)cn1. The average Bonchev–Trinajstić information content (AvgIpc) is 2.93. The number of aromatic nitrogens is 3. The minimum Gasteiger partial charge on any atom is -0.475 e. The smallest absolute Gasteiger partial charge is 0.266 e. The van der Waals surface area contributed by atoms with Gasteiger partial charge in [0.15, 0.2) is 0 Å². The lowest BCUT2D eigenvalue weighted by atomic mass is 10.1. The van der Waals surface area contributed by atoms with Crippen LogP contribution in [0, 0.1) is 20.8 Å². The lowest BCUT2D eigenvalue weighted by Gasteiger charge is -2.07. The molecule has 26 heavy (non-hydrogen) atoms. The van der Waals surface area contributed by atoms with E-state index in [1.807, 2.05) is 20.8 Å². The number of nitrogens with zero attached hydrogens (tertiary/aromatic N) is 3. The van der Waals surface area contributed by atoms with Gasteiger partial charge in [-0.2, -0.15) is 0 Å². The molecule has 0 saturated carbocycles. The predicted molar refractivity (Wildman–Crippen MR) is 101 cm³/mol. The van der Waals surface area contributed by atoms with Crippen LogP contribution < -0.4 is 10.1 Å². The van der Waals surface area contributed by atoms with Crippen LogP contribution in [0.3, 0.4) is 0 Å². The molecule has 1 amide bonds. The first-order chi connectivity index (χ1) is 12.5. The maximum absolute atomic E-state index is 12.7. The fourth-order valence-electron chi connectivity index (χ4n) is 2.65. The van der Waals surface area contributed by atoms with Gasteiger partial charge in [-0.1, -0.05) is 0 Å². The molecule has 1 N–H and O–H groups in total. The Balaban J connectivity index is 1.77. The van der Waals surface area contributed by atoms with Crippen LogP contribution in [0.2, 0.25) is 0 Å². The van der Waals surface area contributed by atoms with Gasteiger partial charge in [0.2, 0.25) is 5.88 Å². The van der Waals surface area contributed by atoms with Crippen LogP contribution >= 0.6 is 11.3 Å². The summed E-state index contributed by atoms with van der Waals surface area (Å²) in [4.78, 5) is 27.1. The van der Waals surface area contributed by atoms with E-state index in [-0.39, 0.29) is 5.91 Å². The van der Waals surface area contributed by atoms with Gasteiger partial charge in [-0.15, -0.1) is 11.3 Å². The number of ether oxygens (including phenoxy) is 2. The van der Waals surface area contributed by atoms with Gasteiger partial charge in [0.25, 0.3) is 5.91 Å². The van der Waals surface area contributed by atoms with Crippen molar-refractivity contribution in [3.8, 4) is 5.88 Å². The molecule has 3 aromatic heterocycles. The molecule has 0 aliphatic carbocycles. The van der Waals surface area contributed by atoms with Crippen molar-refractivity contribution in [1.82, 2.24) is 15.0 Å². The van der Waals surface area contributed by atoms with E-state index >= 15 is 0 Å². The van der Waals surface area contributed by atoms with Crippen LogP contribution in [0.1, 0.15) is 26.8 Å². The molecule has 0 aromatic carbocycles. The van der Waals surface area contributed by atoms with Gasteiger partial charge in [0.1, 0.15) is 17.3 Å². The predicted octanol–water partition coefficient (Wildman–Crippen LogP) is 3.29. The first kappa shape index (κ1) is 18.2. The summed E-state index contributed by atoms with van der Waals surface area (Å²) >= 11 is 1.37. The molecule has 0 radical (unpaired) electrons. The van der Waals surface area contributed by atoms with Gasteiger partial charge >= 0.3 is 0 Å². The molecule has 3 heterocycles. The van der Waals surface area contributed by atoms with Crippen molar-refractivity contribution < 1.29 is 14.3 Å². The van der Waals surface area contributed by atoms with E-state index in [1.165, 1.54) is 11.3 Å². The molecule has 3 rings (SSSR count). The number of thiophene rings is 1. The molecule has 0 spiro atoms. The van der Waals surface area contributed by atoms with Gasteiger partial charge in [-0.3, -0.25) is 4.79 Å². The lowest BCUT2D eigenvalue weighted by molar-refractivity contribution is 0.103. The minimum atomic E-state index is -0.183. The lowest BCUT2D eigenvalue weighted by Crippen LogP contribution is -2.12. The molecular formula is C18H20N4O3S. The third kappa shape index (κ3) is 3.81. The van der Waals surface area contributed by atoms with Crippen molar-refractivity contribution >= 4 is 33.1 Å². The normalized spacial score (nSPS) is 10.9.